The van der Waals surface area contributed by atoms with E-state index in [0.29, 0.717) is 41.9 Å². The van der Waals surface area contributed by atoms with Gasteiger partial charge in [0.05, 0.1) is 24.7 Å². The molecule has 1 aliphatic rings. The van der Waals surface area contributed by atoms with Crippen LogP contribution in [0.15, 0.2) is 53.4 Å². The molecule has 1 heterocycles. The number of halogens is 2. The molecule has 1 N–H and O–H groups in total. The Kier molecular flexibility index (Phi) is 8.71. The molecule has 0 saturated carbocycles. The van der Waals surface area contributed by atoms with E-state index in [1.54, 1.807) is 24.3 Å². The number of amides is 1. The summed E-state index contributed by atoms with van der Waals surface area (Å²) in [5.74, 6) is -0.368. The zero-order valence-corrected chi connectivity index (χ0v) is 19.3. The van der Waals surface area contributed by atoms with E-state index in [2.05, 4.69) is 10.2 Å². The molecule has 3 rings (SSSR count). The molecule has 0 radical (unpaired) electrons. The number of carbonyl (C=O) groups is 1. The standard InChI is InChI=1S/C21H25Cl2N3O4S/c22-18-4-6-20(7-5-18)31(28,29)26(15-17-2-1-3-19(23)14-17)16-21(27)24-8-9-25-10-12-30-13-11-25/h1-7,14H,8-13,15-16H2,(H,24,27). The lowest BCUT2D eigenvalue weighted by Gasteiger charge is -2.27. The molecular weight excluding hydrogens is 461 g/mol. The van der Waals surface area contributed by atoms with E-state index in [9.17, 15) is 13.2 Å². The van der Waals surface area contributed by atoms with Gasteiger partial charge in [-0.05, 0) is 42.0 Å². The van der Waals surface area contributed by atoms with Gasteiger partial charge >= 0.3 is 0 Å². The highest BCUT2D eigenvalue weighted by atomic mass is 35.5. The van der Waals surface area contributed by atoms with E-state index in [1.807, 2.05) is 0 Å². The predicted octanol–water partition coefficient (Wildman–Crippen LogP) is 2.63. The second-order valence-electron chi connectivity index (χ2n) is 7.16. The van der Waals surface area contributed by atoms with Crippen molar-refractivity contribution in [2.45, 2.75) is 11.4 Å². The Bertz CT molecular complexity index is 980. The smallest absolute Gasteiger partial charge is 0.243 e. The molecule has 2 aromatic carbocycles. The maximum atomic E-state index is 13.2. The highest BCUT2D eigenvalue weighted by molar-refractivity contribution is 7.89. The van der Waals surface area contributed by atoms with Gasteiger partial charge in [-0.15, -0.1) is 0 Å². The molecule has 7 nitrogen and oxygen atoms in total. The van der Waals surface area contributed by atoms with Crippen molar-refractivity contribution in [3.8, 4) is 0 Å². The fourth-order valence-corrected chi connectivity index (χ4v) is 4.94. The highest BCUT2D eigenvalue weighted by Crippen LogP contribution is 2.21. The number of carbonyl (C=O) groups excluding carboxylic acids is 1. The third-order valence-corrected chi connectivity index (χ3v) is 7.17. The zero-order chi connectivity index (χ0) is 22.3. The van der Waals surface area contributed by atoms with Gasteiger partial charge in [-0.3, -0.25) is 9.69 Å². The van der Waals surface area contributed by atoms with Gasteiger partial charge in [0.2, 0.25) is 15.9 Å². The van der Waals surface area contributed by atoms with Crippen LogP contribution in [-0.4, -0.2) is 69.5 Å². The van der Waals surface area contributed by atoms with Gasteiger partial charge in [-0.2, -0.15) is 4.31 Å². The summed E-state index contributed by atoms with van der Waals surface area (Å²) in [6, 6.07) is 12.8. The van der Waals surface area contributed by atoms with Crippen molar-refractivity contribution in [2.24, 2.45) is 0 Å². The van der Waals surface area contributed by atoms with E-state index in [1.165, 1.54) is 24.3 Å². The Morgan fingerprint density at radius 2 is 1.77 bits per heavy atom. The molecule has 0 spiro atoms. The van der Waals surface area contributed by atoms with E-state index in [4.69, 9.17) is 27.9 Å². The van der Waals surface area contributed by atoms with Crippen molar-refractivity contribution in [1.82, 2.24) is 14.5 Å². The van der Waals surface area contributed by atoms with Crippen molar-refractivity contribution in [2.75, 3.05) is 45.9 Å². The van der Waals surface area contributed by atoms with Crippen LogP contribution in [0.1, 0.15) is 5.56 Å². The summed E-state index contributed by atoms with van der Waals surface area (Å²) >= 11 is 11.9. The minimum Gasteiger partial charge on any atom is -0.379 e. The van der Waals surface area contributed by atoms with E-state index >= 15 is 0 Å². The Balaban J connectivity index is 1.70. The van der Waals surface area contributed by atoms with Gasteiger partial charge < -0.3 is 10.1 Å². The second-order valence-corrected chi connectivity index (χ2v) is 9.97. The summed E-state index contributed by atoms with van der Waals surface area (Å²) in [5, 5.41) is 3.74. The summed E-state index contributed by atoms with van der Waals surface area (Å²) in [5.41, 5.74) is 0.686. The normalized spacial score (nSPS) is 15.2. The minimum atomic E-state index is -3.93. The van der Waals surface area contributed by atoms with E-state index < -0.39 is 10.0 Å². The Hall–Kier alpha value is -1.68. The second kappa shape index (κ2) is 11.3. The molecule has 0 aliphatic carbocycles. The van der Waals surface area contributed by atoms with Crippen LogP contribution in [-0.2, 0) is 26.1 Å². The molecule has 168 valence electrons. The number of benzene rings is 2. The lowest BCUT2D eigenvalue weighted by Crippen LogP contribution is -2.44. The Labute approximate surface area is 192 Å². The fraction of sp³-hybridized carbons (Fsp3) is 0.381. The first-order valence-corrected chi connectivity index (χ1v) is 12.1. The fourth-order valence-electron chi connectivity index (χ4n) is 3.21. The maximum Gasteiger partial charge on any atom is 0.243 e. The number of nitrogens with one attached hydrogen (secondary N) is 1. The molecule has 1 fully saturated rings. The van der Waals surface area contributed by atoms with Crippen molar-refractivity contribution in [3.05, 3.63) is 64.1 Å². The van der Waals surface area contributed by atoms with Crippen molar-refractivity contribution >= 4 is 39.1 Å². The number of morpholine rings is 1. The van der Waals surface area contributed by atoms with Crippen LogP contribution in [0.25, 0.3) is 0 Å². The summed E-state index contributed by atoms with van der Waals surface area (Å²) in [6.45, 7) is 3.84. The van der Waals surface area contributed by atoms with Gasteiger partial charge in [0.15, 0.2) is 0 Å². The highest BCUT2D eigenvalue weighted by Gasteiger charge is 2.27. The third-order valence-electron chi connectivity index (χ3n) is 4.87. The molecule has 2 aromatic rings. The van der Waals surface area contributed by atoms with Gasteiger partial charge in [0, 0.05) is 42.8 Å². The topological polar surface area (TPSA) is 79.0 Å². The van der Waals surface area contributed by atoms with Crippen molar-refractivity contribution < 1.29 is 17.9 Å². The summed E-state index contributed by atoms with van der Waals surface area (Å²) < 4.78 is 32.9. The SMILES string of the molecule is O=C(CN(Cc1cccc(Cl)c1)S(=O)(=O)c1ccc(Cl)cc1)NCCN1CCOCC1. The first-order valence-electron chi connectivity index (χ1n) is 9.91. The molecule has 10 heteroatoms. The lowest BCUT2D eigenvalue weighted by atomic mass is 10.2. The van der Waals surface area contributed by atoms with Crippen LogP contribution in [0.4, 0.5) is 0 Å². The quantitative estimate of drug-likeness (QED) is 0.590. The Morgan fingerprint density at radius 1 is 1.06 bits per heavy atom. The molecule has 0 atom stereocenters. The lowest BCUT2D eigenvalue weighted by molar-refractivity contribution is -0.121. The minimum absolute atomic E-state index is 0.0163. The maximum absolute atomic E-state index is 13.2. The molecule has 1 amide bonds. The average Bonchev–Trinajstić information content (AvgIpc) is 2.74. The van der Waals surface area contributed by atoms with Gasteiger partial charge in [-0.25, -0.2) is 8.42 Å². The van der Waals surface area contributed by atoms with Crippen molar-refractivity contribution in [1.29, 1.82) is 0 Å². The van der Waals surface area contributed by atoms with Gasteiger partial charge in [0.25, 0.3) is 0 Å². The van der Waals surface area contributed by atoms with Gasteiger partial charge in [0.1, 0.15) is 0 Å². The monoisotopic (exact) mass is 485 g/mol. The largest absolute Gasteiger partial charge is 0.379 e. The predicted molar refractivity (Wildman–Crippen MR) is 121 cm³/mol. The average molecular weight is 486 g/mol. The molecule has 0 unspecified atom stereocenters. The van der Waals surface area contributed by atoms with E-state index in [-0.39, 0.29) is 23.9 Å². The van der Waals surface area contributed by atoms with E-state index in [0.717, 1.165) is 17.4 Å². The van der Waals surface area contributed by atoms with Crippen LogP contribution in [0.3, 0.4) is 0 Å². The van der Waals surface area contributed by atoms with Crippen LogP contribution in [0, 0.1) is 0 Å². The van der Waals surface area contributed by atoms with Crippen LogP contribution >= 0.6 is 23.2 Å². The molecular formula is C21H25Cl2N3O4S. The molecule has 0 bridgehead atoms. The number of ether oxygens (including phenoxy) is 1. The van der Waals surface area contributed by atoms with Crippen LogP contribution in [0.2, 0.25) is 10.0 Å². The number of sulfonamides is 1. The molecule has 1 aliphatic heterocycles. The van der Waals surface area contributed by atoms with Crippen LogP contribution < -0.4 is 5.32 Å². The summed E-state index contributed by atoms with van der Waals surface area (Å²) in [4.78, 5) is 14.8. The number of nitrogens with zero attached hydrogens (tertiary/aromatic N) is 2. The Morgan fingerprint density at radius 3 is 2.45 bits per heavy atom. The third kappa shape index (κ3) is 7.17. The number of hydrogen-bond acceptors (Lipinski definition) is 5. The first-order chi connectivity index (χ1) is 14.8. The van der Waals surface area contributed by atoms with Gasteiger partial charge in [-0.1, -0.05) is 35.3 Å². The number of hydrogen-bond donors (Lipinski definition) is 1. The molecule has 1 saturated heterocycles. The van der Waals surface area contributed by atoms with Crippen molar-refractivity contribution in [3.63, 3.8) is 0 Å². The summed E-state index contributed by atoms with van der Waals surface area (Å²) in [6.07, 6.45) is 0. The summed E-state index contributed by atoms with van der Waals surface area (Å²) in [7, 11) is -3.93. The number of rotatable bonds is 9. The zero-order valence-electron chi connectivity index (χ0n) is 17.0. The first kappa shape index (κ1) is 24.0. The molecule has 0 aromatic heterocycles. The van der Waals surface area contributed by atoms with Crippen LogP contribution in [0.5, 0.6) is 0 Å². The molecule has 31 heavy (non-hydrogen) atoms.